The van der Waals surface area contributed by atoms with Crippen molar-refractivity contribution in [3.8, 4) is 17.6 Å². The molecule has 0 bridgehead atoms. The lowest BCUT2D eigenvalue weighted by Crippen LogP contribution is -2.13. The van der Waals surface area contributed by atoms with Crippen LogP contribution in [0.15, 0.2) is 58.7 Å². The number of nitrogens with zero attached hydrogens (tertiary/aromatic N) is 2. The van der Waals surface area contributed by atoms with Gasteiger partial charge in [-0.1, -0.05) is 17.4 Å². The molecule has 1 N–H and O–H groups in total. The Hall–Kier alpha value is -4.42. The number of benzene rings is 2. The Morgan fingerprint density at radius 3 is 2.69 bits per heavy atom. The lowest BCUT2D eigenvalue weighted by molar-refractivity contribution is -0.112. The van der Waals surface area contributed by atoms with E-state index < -0.39 is 11.9 Å². The van der Waals surface area contributed by atoms with Crippen LogP contribution < -0.4 is 14.8 Å². The summed E-state index contributed by atoms with van der Waals surface area (Å²) in [6.07, 6.45) is 2.80. The van der Waals surface area contributed by atoms with E-state index in [9.17, 15) is 14.9 Å². The molecule has 0 saturated heterocycles. The largest absolute Gasteiger partial charge is 0.490 e. The minimum Gasteiger partial charge on any atom is -0.490 e. The second-order valence-electron chi connectivity index (χ2n) is 7.55. The number of thiazole rings is 1. The summed E-state index contributed by atoms with van der Waals surface area (Å²) in [5.41, 5.74) is 3.45. The molecule has 8 nitrogen and oxygen atoms in total. The van der Waals surface area contributed by atoms with Gasteiger partial charge in [0.15, 0.2) is 16.6 Å². The molecule has 0 unspecified atom stereocenters. The molecule has 35 heavy (non-hydrogen) atoms. The number of fused-ring (bicyclic) bond motifs is 1. The number of ether oxygens (including phenoxy) is 2. The third-order valence-electron chi connectivity index (χ3n) is 5.09. The van der Waals surface area contributed by atoms with E-state index in [2.05, 4.69) is 10.3 Å². The van der Waals surface area contributed by atoms with Crippen LogP contribution in [0, 0.1) is 25.2 Å². The van der Waals surface area contributed by atoms with E-state index in [4.69, 9.17) is 13.9 Å². The van der Waals surface area contributed by atoms with Gasteiger partial charge in [-0.25, -0.2) is 9.78 Å². The fourth-order valence-electron chi connectivity index (χ4n) is 3.23. The maximum Gasteiger partial charge on any atom is 0.379 e. The van der Waals surface area contributed by atoms with Gasteiger partial charge in [-0.15, -0.1) is 0 Å². The van der Waals surface area contributed by atoms with Crippen LogP contribution in [-0.2, 0) is 4.79 Å². The third kappa shape index (κ3) is 5.39. The molecule has 1 amide bonds. The average Bonchev–Trinajstić information content (AvgIpc) is 3.49. The predicted molar refractivity (Wildman–Crippen MR) is 133 cm³/mol. The van der Waals surface area contributed by atoms with Crippen LogP contribution in [0.25, 0.3) is 16.3 Å². The summed E-state index contributed by atoms with van der Waals surface area (Å²) in [4.78, 5) is 29.4. The van der Waals surface area contributed by atoms with E-state index in [0.29, 0.717) is 17.3 Å². The average molecular weight is 488 g/mol. The van der Waals surface area contributed by atoms with Gasteiger partial charge in [-0.2, -0.15) is 5.26 Å². The first-order chi connectivity index (χ1) is 16.9. The van der Waals surface area contributed by atoms with Crippen LogP contribution in [0.1, 0.15) is 34.2 Å². The summed E-state index contributed by atoms with van der Waals surface area (Å²) >= 11 is 1.34. The highest BCUT2D eigenvalue weighted by Gasteiger charge is 2.17. The number of carbonyl (C=O) groups excluding carboxylic acids is 2. The minimum atomic E-state index is -0.669. The summed E-state index contributed by atoms with van der Waals surface area (Å²) in [6, 6.07) is 13.7. The first kappa shape index (κ1) is 23.7. The molecule has 4 rings (SSSR count). The van der Waals surface area contributed by atoms with Crippen LogP contribution in [0.5, 0.6) is 11.5 Å². The Bertz CT molecular complexity index is 1440. The number of rotatable bonds is 7. The summed E-state index contributed by atoms with van der Waals surface area (Å²) in [5, 5.41) is 12.7. The van der Waals surface area contributed by atoms with Crippen molar-refractivity contribution in [3.05, 3.63) is 76.8 Å². The van der Waals surface area contributed by atoms with Gasteiger partial charge in [0.1, 0.15) is 11.6 Å². The number of aromatic nitrogens is 1. The predicted octanol–water partition coefficient (Wildman–Crippen LogP) is 5.67. The summed E-state index contributed by atoms with van der Waals surface area (Å²) in [7, 11) is 0. The molecule has 9 heteroatoms. The number of hydrogen-bond donors (Lipinski definition) is 1. The SMILES string of the molecule is CCOc1cc(C=C(C#N)C(=O)Nc2nc3cc(C)c(C)cc3s2)ccc1OC(=O)c1ccco1. The molecule has 176 valence electrons. The lowest BCUT2D eigenvalue weighted by Gasteiger charge is -2.11. The summed E-state index contributed by atoms with van der Waals surface area (Å²) in [5.74, 6) is -0.715. The zero-order valence-electron chi connectivity index (χ0n) is 19.2. The van der Waals surface area contributed by atoms with E-state index in [1.54, 1.807) is 25.1 Å². The Kier molecular flexibility index (Phi) is 6.94. The fraction of sp³-hybridized carbons (Fsp3) is 0.154. The van der Waals surface area contributed by atoms with Gasteiger partial charge in [0.25, 0.3) is 5.91 Å². The van der Waals surface area contributed by atoms with Crippen molar-refractivity contribution in [1.29, 1.82) is 5.26 Å². The number of carbonyl (C=O) groups is 2. The van der Waals surface area contributed by atoms with E-state index in [0.717, 1.165) is 21.3 Å². The molecule has 4 aromatic rings. The van der Waals surface area contributed by atoms with Crippen molar-refractivity contribution in [3.63, 3.8) is 0 Å². The maximum absolute atomic E-state index is 12.8. The van der Waals surface area contributed by atoms with Gasteiger partial charge in [0, 0.05) is 0 Å². The Morgan fingerprint density at radius 2 is 1.97 bits per heavy atom. The van der Waals surface area contributed by atoms with Crippen molar-refractivity contribution < 1.29 is 23.5 Å². The molecular weight excluding hydrogens is 466 g/mol. The van der Waals surface area contributed by atoms with Crippen LogP contribution in [0.3, 0.4) is 0 Å². The van der Waals surface area contributed by atoms with Gasteiger partial charge < -0.3 is 13.9 Å². The van der Waals surface area contributed by atoms with Crippen LogP contribution >= 0.6 is 11.3 Å². The number of esters is 1. The van der Waals surface area contributed by atoms with Gasteiger partial charge >= 0.3 is 5.97 Å². The van der Waals surface area contributed by atoms with Crippen LogP contribution in [0.4, 0.5) is 5.13 Å². The minimum absolute atomic E-state index is 0.0556. The van der Waals surface area contributed by atoms with Gasteiger partial charge in [0.2, 0.25) is 5.76 Å². The molecule has 0 aliphatic heterocycles. The van der Waals surface area contributed by atoms with Gasteiger partial charge in [-0.3, -0.25) is 10.1 Å². The van der Waals surface area contributed by atoms with Gasteiger partial charge in [0.05, 0.1) is 23.1 Å². The standard InChI is InChI=1S/C26H21N3O5S/c1-4-32-22-13-17(7-8-20(22)34-25(31)21-6-5-9-33-21)12-18(14-27)24(30)29-26-28-19-10-15(2)16(3)11-23(19)35-26/h5-13H,4H2,1-3H3,(H,28,29,30). The van der Waals surface area contributed by atoms with Crippen LogP contribution in [0.2, 0.25) is 0 Å². The monoisotopic (exact) mass is 487 g/mol. The number of amides is 1. The molecule has 2 aromatic carbocycles. The lowest BCUT2D eigenvalue weighted by atomic mass is 10.1. The number of anilines is 1. The van der Waals surface area contributed by atoms with Crippen molar-refractivity contribution in [2.24, 2.45) is 0 Å². The molecular formula is C26H21N3O5S. The van der Waals surface area contributed by atoms with Crippen molar-refractivity contribution in [2.75, 3.05) is 11.9 Å². The highest BCUT2D eigenvalue weighted by atomic mass is 32.1. The second kappa shape index (κ2) is 10.2. The number of aryl methyl sites for hydroxylation is 2. The fourth-order valence-corrected chi connectivity index (χ4v) is 4.17. The quantitative estimate of drug-likeness (QED) is 0.155. The van der Waals surface area contributed by atoms with E-state index in [1.165, 1.54) is 35.8 Å². The zero-order chi connectivity index (χ0) is 24.9. The Morgan fingerprint density at radius 1 is 1.17 bits per heavy atom. The molecule has 2 heterocycles. The smallest absolute Gasteiger partial charge is 0.379 e. The Labute approximate surface area is 205 Å². The third-order valence-corrected chi connectivity index (χ3v) is 6.03. The molecule has 0 aliphatic rings. The number of nitrogens with one attached hydrogen (secondary N) is 1. The van der Waals surface area contributed by atoms with E-state index in [1.807, 2.05) is 32.0 Å². The summed E-state index contributed by atoms with van der Waals surface area (Å²) in [6.45, 7) is 6.13. The van der Waals surface area contributed by atoms with E-state index in [-0.39, 0.29) is 22.8 Å². The topological polar surface area (TPSA) is 114 Å². The number of nitriles is 1. The molecule has 0 atom stereocenters. The van der Waals surface area contributed by atoms with Crippen molar-refractivity contribution in [1.82, 2.24) is 4.98 Å². The summed E-state index contributed by atoms with van der Waals surface area (Å²) < 4.78 is 17.0. The molecule has 2 aromatic heterocycles. The highest BCUT2D eigenvalue weighted by molar-refractivity contribution is 7.22. The zero-order valence-corrected chi connectivity index (χ0v) is 20.1. The second-order valence-corrected chi connectivity index (χ2v) is 8.58. The normalized spacial score (nSPS) is 11.2. The number of furan rings is 1. The number of hydrogen-bond acceptors (Lipinski definition) is 8. The van der Waals surface area contributed by atoms with Crippen molar-refractivity contribution in [2.45, 2.75) is 20.8 Å². The molecule has 0 fully saturated rings. The molecule has 0 aliphatic carbocycles. The molecule has 0 spiro atoms. The van der Waals surface area contributed by atoms with Gasteiger partial charge in [-0.05, 0) is 79.9 Å². The molecule has 0 saturated carbocycles. The molecule has 0 radical (unpaired) electrons. The maximum atomic E-state index is 12.8. The highest BCUT2D eigenvalue weighted by Crippen LogP contribution is 2.31. The van der Waals surface area contributed by atoms with Crippen molar-refractivity contribution >= 4 is 44.6 Å². The van der Waals surface area contributed by atoms with E-state index >= 15 is 0 Å². The Balaban J connectivity index is 1.55. The van der Waals surface area contributed by atoms with Crippen LogP contribution in [-0.4, -0.2) is 23.5 Å². The first-order valence-electron chi connectivity index (χ1n) is 10.7. The first-order valence-corrected chi connectivity index (χ1v) is 11.5.